The number of rotatable bonds is 8. The van der Waals surface area contributed by atoms with Crippen molar-refractivity contribution in [2.45, 2.75) is 39.2 Å². The number of esters is 1. The number of likely N-dealkylation sites (tertiary alicyclic amines) is 1. The van der Waals surface area contributed by atoms with Gasteiger partial charge in [-0.15, -0.1) is 0 Å². The second-order valence-corrected chi connectivity index (χ2v) is 9.18. The van der Waals surface area contributed by atoms with Gasteiger partial charge < -0.3 is 20.3 Å². The van der Waals surface area contributed by atoms with Crippen molar-refractivity contribution in [2.75, 3.05) is 25.5 Å². The molecule has 8 nitrogen and oxygen atoms in total. The molecule has 0 saturated carbocycles. The van der Waals surface area contributed by atoms with Gasteiger partial charge in [0, 0.05) is 35.8 Å². The minimum Gasteiger partial charge on any atom is -0.467 e. The normalized spacial score (nSPS) is 14.8. The van der Waals surface area contributed by atoms with Gasteiger partial charge in [0.05, 0.1) is 7.11 Å². The Morgan fingerprint density at radius 2 is 1.54 bits per heavy atom. The van der Waals surface area contributed by atoms with Crippen molar-refractivity contribution >= 4 is 29.4 Å². The Morgan fingerprint density at radius 1 is 0.943 bits per heavy atom. The summed E-state index contributed by atoms with van der Waals surface area (Å²) in [7, 11) is 1.31. The van der Waals surface area contributed by atoms with Gasteiger partial charge >= 0.3 is 12.0 Å². The number of piperidine rings is 1. The van der Waals surface area contributed by atoms with Crippen molar-refractivity contribution in [2.24, 2.45) is 11.8 Å². The monoisotopic (exact) mass is 479 g/mol. The number of ketones is 1. The molecule has 1 aliphatic heterocycles. The average Bonchev–Trinajstić information content (AvgIpc) is 2.88. The molecule has 3 rings (SSSR count). The van der Waals surface area contributed by atoms with Gasteiger partial charge in [0.15, 0.2) is 5.78 Å². The zero-order valence-electron chi connectivity index (χ0n) is 20.5. The van der Waals surface area contributed by atoms with Gasteiger partial charge in [0.1, 0.15) is 6.04 Å². The van der Waals surface area contributed by atoms with Crippen molar-refractivity contribution in [1.29, 1.82) is 0 Å². The van der Waals surface area contributed by atoms with Crippen LogP contribution in [0.3, 0.4) is 0 Å². The first-order valence-corrected chi connectivity index (χ1v) is 11.9. The number of anilines is 1. The SMILES string of the molecule is COC(=O)[C@H](CC(C)C)NC(=O)N1CCC(C(=O)Nc2ccc(C(=O)c3ccccc3)cc2)CC1. The Hall–Kier alpha value is -3.68. The first-order valence-electron chi connectivity index (χ1n) is 11.9. The van der Waals surface area contributed by atoms with Crippen molar-refractivity contribution in [3.8, 4) is 0 Å². The predicted molar refractivity (Wildman–Crippen MR) is 133 cm³/mol. The lowest BCUT2D eigenvalue weighted by Gasteiger charge is -2.32. The van der Waals surface area contributed by atoms with E-state index in [0.29, 0.717) is 49.2 Å². The third-order valence-corrected chi connectivity index (χ3v) is 6.09. The van der Waals surface area contributed by atoms with Gasteiger partial charge in [-0.1, -0.05) is 44.2 Å². The third-order valence-electron chi connectivity index (χ3n) is 6.09. The Bertz CT molecular complexity index is 1030. The van der Waals surface area contributed by atoms with Crippen LogP contribution in [0.5, 0.6) is 0 Å². The fourth-order valence-electron chi connectivity index (χ4n) is 4.12. The zero-order valence-corrected chi connectivity index (χ0v) is 20.5. The molecule has 1 aliphatic rings. The number of hydrogen-bond acceptors (Lipinski definition) is 5. The van der Waals surface area contributed by atoms with Crippen molar-refractivity contribution in [1.82, 2.24) is 10.2 Å². The van der Waals surface area contributed by atoms with Gasteiger partial charge in [-0.3, -0.25) is 9.59 Å². The largest absolute Gasteiger partial charge is 0.467 e. The summed E-state index contributed by atoms with van der Waals surface area (Å²) in [6, 6.07) is 14.9. The van der Waals surface area contributed by atoms with E-state index < -0.39 is 12.0 Å². The molecule has 0 unspecified atom stereocenters. The lowest BCUT2D eigenvalue weighted by Crippen LogP contribution is -2.51. The van der Waals surface area contributed by atoms with E-state index in [4.69, 9.17) is 4.74 Å². The van der Waals surface area contributed by atoms with Crippen LogP contribution in [-0.4, -0.2) is 54.8 Å². The maximum Gasteiger partial charge on any atom is 0.328 e. The summed E-state index contributed by atoms with van der Waals surface area (Å²) in [5.74, 6) is -0.648. The summed E-state index contributed by atoms with van der Waals surface area (Å²) >= 11 is 0. The van der Waals surface area contributed by atoms with Gasteiger partial charge in [0.2, 0.25) is 5.91 Å². The molecule has 2 N–H and O–H groups in total. The lowest BCUT2D eigenvalue weighted by atomic mass is 9.96. The van der Waals surface area contributed by atoms with Gasteiger partial charge in [-0.25, -0.2) is 9.59 Å². The number of carbonyl (C=O) groups excluding carboxylic acids is 4. The first kappa shape index (κ1) is 25.9. The Morgan fingerprint density at radius 3 is 2.11 bits per heavy atom. The van der Waals surface area contributed by atoms with Crippen molar-refractivity contribution in [3.05, 3.63) is 65.7 Å². The number of urea groups is 1. The average molecular weight is 480 g/mol. The minimum absolute atomic E-state index is 0.0723. The van der Waals surface area contributed by atoms with Crippen LogP contribution in [0.1, 0.15) is 49.0 Å². The quantitative estimate of drug-likeness (QED) is 0.442. The van der Waals surface area contributed by atoms with E-state index in [-0.39, 0.29) is 29.6 Å². The van der Waals surface area contributed by atoms with E-state index in [9.17, 15) is 19.2 Å². The summed E-state index contributed by atoms with van der Waals surface area (Å²) in [5.41, 5.74) is 1.79. The molecule has 186 valence electrons. The van der Waals surface area contributed by atoms with Crippen LogP contribution in [0.2, 0.25) is 0 Å². The number of nitrogens with zero attached hydrogens (tertiary/aromatic N) is 1. The number of carbonyl (C=O) groups is 4. The smallest absolute Gasteiger partial charge is 0.328 e. The maximum atomic E-state index is 12.8. The molecular formula is C27H33N3O5. The van der Waals surface area contributed by atoms with Crippen LogP contribution in [0.15, 0.2) is 54.6 Å². The molecule has 0 bridgehead atoms. The van der Waals surface area contributed by atoms with E-state index in [1.807, 2.05) is 32.0 Å². The third kappa shape index (κ3) is 7.15. The standard InChI is InChI=1S/C27H33N3O5/c1-18(2)17-23(26(33)35-3)29-27(34)30-15-13-21(14-16-30)25(32)28-22-11-9-20(10-12-22)24(31)19-7-5-4-6-8-19/h4-12,18,21,23H,13-17H2,1-3H3,(H,28,32)(H,29,34)/t23-/m0/s1. The van der Waals surface area contributed by atoms with Crippen LogP contribution < -0.4 is 10.6 Å². The molecule has 2 aromatic rings. The second-order valence-electron chi connectivity index (χ2n) is 9.18. The van der Waals surface area contributed by atoms with E-state index in [2.05, 4.69) is 10.6 Å². The fraction of sp³-hybridized carbons (Fsp3) is 0.407. The van der Waals surface area contributed by atoms with Crippen LogP contribution in [0, 0.1) is 11.8 Å². The molecule has 1 fully saturated rings. The zero-order chi connectivity index (χ0) is 25.4. The molecule has 0 aromatic heterocycles. The van der Waals surface area contributed by atoms with E-state index in [1.165, 1.54) is 7.11 Å². The van der Waals surface area contributed by atoms with E-state index in [1.54, 1.807) is 41.3 Å². The van der Waals surface area contributed by atoms with Crippen LogP contribution in [0.4, 0.5) is 10.5 Å². The van der Waals surface area contributed by atoms with Crippen LogP contribution >= 0.6 is 0 Å². The van der Waals surface area contributed by atoms with Gasteiger partial charge in [-0.2, -0.15) is 0 Å². The fourth-order valence-corrected chi connectivity index (χ4v) is 4.12. The summed E-state index contributed by atoms with van der Waals surface area (Å²) < 4.78 is 4.81. The summed E-state index contributed by atoms with van der Waals surface area (Å²) in [4.78, 5) is 51.5. The highest BCUT2D eigenvalue weighted by Crippen LogP contribution is 2.21. The lowest BCUT2D eigenvalue weighted by molar-refractivity contribution is -0.143. The molecule has 35 heavy (non-hydrogen) atoms. The Balaban J connectivity index is 1.50. The Kier molecular flexibility index (Phi) is 9.00. The molecule has 0 aliphatic carbocycles. The topological polar surface area (TPSA) is 105 Å². The summed E-state index contributed by atoms with van der Waals surface area (Å²) in [5, 5.41) is 5.67. The molecule has 3 amide bonds. The molecule has 8 heteroatoms. The van der Waals surface area contributed by atoms with Gasteiger partial charge in [-0.05, 0) is 49.4 Å². The minimum atomic E-state index is -0.690. The van der Waals surface area contributed by atoms with Crippen LogP contribution in [-0.2, 0) is 14.3 Å². The molecule has 0 radical (unpaired) electrons. The molecule has 0 spiro atoms. The first-order chi connectivity index (χ1) is 16.8. The number of amides is 3. The second kappa shape index (κ2) is 12.1. The van der Waals surface area contributed by atoms with Gasteiger partial charge in [0.25, 0.3) is 0 Å². The Labute approximate surface area is 206 Å². The molecule has 2 aromatic carbocycles. The summed E-state index contributed by atoms with van der Waals surface area (Å²) in [6.07, 6.45) is 1.54. The van der Waals surface area contributed by atoms with Crippen LogP contribution in [0.25, 0.3) is 0 Å². The van der Waals surface area contributed by atoms with E-state index >= 15 is 0 Å². The number of methoxy groups -OCH3 is 1. The van der Waals surface area contributed by atoms with E-state index in [0.717, 1.165) is 0 Å². The number of hydrogen-bond donors (Lipinski definition) is 2. The molecule has 1 saturated heterocycles. The number of benzene rings is 2. The molecular weight excluding hydrogens is 446 g/mol. The molecule has 1 heterocycles. The number of nitrogens with one attached hydrogen (secondary N) is 2. The highest BCUT2D eigenvalue weighted by atomic mass is 16.5. The maximum absolute atomic E-state index is 12.8. The van der Waals surface area contributed by atoms with Crippen molar-refractivity contribution < 1.29 is 23.9 Å². The highest BCUT2D eigenvalue weighted by Gasteiger charge is 2.30. The highest BCUT2D eigenvalue weighted by molar-refractivity contribution is 6.09. The number of ether oxygens (including phenoxy) is 1. The predicted octanol–water partition coefficient (Wildman–Crippen LogP) is 3.87. The molecule has 1 atom stereocenters. The summed E-state index contributed by atoms with van der Waals surface area (Å²) in [6.45, 7) is 4.79. The van der Waals surface area contributed by atoms with Crippen molar-refractivity contribution in [3.63, 3.8) is 0 Å².